The summed E-state index contributed by atoms with van der Waals surface area (Å²) in [5.74, 6) is 1.58. The summed E-state index contributed by atoms with van der Waals surface area (Å²) in [6.07, 6.45) is 2.26. The lowest BCUT2D eigenvalue weighted by Gasteiger charge is -2.29. The molecule has 2 N–H and O–H groups in total. The summed E-state index contributed by atoms with van der Waals surface area (Å²) in [6.45, 7) is 6.42. The van der Waals surface area contributed by atoms with Gasteiger partial charge in [-0.1, -0.05) is 48.5 Å². The average molecular weight is 510 g/mol. The van der Waals surface area contributed by atoms with Crippen LogP contribution in [0.1, 0.15) is 35.2 Å². The molecule has 5 rings (SSSR count). The number of aromatic nitrogens is 3. The van der Waals surface area contributed by atoms with Crippen molar-refractivity contribution in [1.82, 2.24) is 14.8 Å². The highest BCUT2D eigenvalue weighted by Gasteiger charge is 2.34. The fraction of sp³-hybridized carbons (Fsp3) is 0.233. The number of nitrogens with zero attached hydrogens (tertiary/aromatic N) is 3. The molecule has 1 aromatic heterocycles. The van der Waals surface area contributed by atoms with E-state index >= 15 is 0 Å². The van der Waals surface area contributed by atoms with Crippen LogP contribution in [-0.2, 0) is 11.2 Å². The first kappa shape index (κ1) is 25.1. The molecule has 1 amide bonds. The number of benzene rings is 3. The van der Waals surface area contributed by atoms with Crippen LogP contribution in [-0.4, -0.2) is 34.4 Å². The second-order valence-electron chi connectivity index (χ2n) is 9.29. The van der Waals surface area contributed by atoms with E-state index in [0.29, 0.717) is 35.3 Å². The second kappa shape index (κ2) is 10.8. The summed E-state index contributed by atoms with van der Waals surface area (Å²) >= 11 is 0. The van der Waals surface area contributed by atoms with Crippen LogP contribution in [0.25, 0.3) is 0 Å². The van der Waals surface area contributed by atoms with Crippen molar-refractivity contribution in [2.75, 3.05) is 24.4 Å². The molecule has 4 aromatic rings. The number of ether oxygens (including phenoxy) is 2. The van der Waals surface area contributed by atoms with Gasteiger partial charge in [0.15, 0.2) is 11.5 Å². The van der Waals surface area contributed by atoms with E-state index < -0.39 is 6.04 Å². The third kappa shape index (κ3) is 4.98. The first-order valence-corrected chi connectivity index (χ1v) is 12.6. The fourth-order valence-electron chi connectivity index (χ4n) is 4.67. The minimum absolute atomic E-state index is 0.211. The minimum atomic E-state index is -0.508. The van der Waals surface area contributed by atoms with Gasteiger partial charge in [-0.15, -0.1) is 0 Å². The molecule has 8 heteroatoms. The van der Waals surface area contributed by atoms with Crippen molar-refractivity contribution in [2.45, 2.75) is 33.2 Å². The zero-order valence-electron chi connectivity index (χ0n) is 22.0. The van der Waals surface area contributed by atoms with Gasteiger partial charge in [-0.2, -0.15) is 10.1 Å². The molecule has 0 saturated carbocycles. The zero-order valence-corrected chi connectivity index (χ0v) is 22.0. The van der Waals surface area contributed by atoms with Gasteiger partial charge in [0.05, 0.1) is 19.3 Å². The SMILES string of the molecule is COc1cc(C2C(C(=O)Nc3cccc(C)c3C)=C(C)Nc3ncnn32)ccc1OCCc1ccccc1. The summed E-state index contributed by atoms with van der Waals surface area (Å²) in [7, 11) is 1.61. The van der Waals surface area contributed by atoms with Gasteiger partial charge < -0.3 is 20.1 Å². The number of methoxy groups -OCH3 is 1. The number of fused-ring (bicyclic) bond motifs is 1. The van der Waals surface area contributed by atoms with Gasteiger partial charge in [-0.3, -0.25) is 4.79 Å². The molecule has 1 atom stereocenters. The molecular formula is C30H31N5O3. The first-order valence-electron chi connectivity index (χ1n) is 12.6. The van der Waals surface area contributed by atoms with E-state index in [2.05, 4.69) is 32.8 Å². The fourth-order valence-corrected chi connectivity index (χ4v) is 4.67. The lowest BCUT2D eigenvalue weighted by atomic mass is 9.94. The minimum Gasteiger partial charge on any atom is -0.493 e. The number of allylic oxidation sites excluding steroid dienone is 1. The molecule has 38 heavy (non-hydrogen) atoms. The number of carbonyl (C=O) groups excluding carboxylic acids is 1. The predicted molar refractivity (Wildman–Crippen MR) is 148 cm³/mol. The molecular weight excluding hydrogens is 478 g/mol. The molecule has 0 bridgehead atoms. The largest absolute Gasteiger partial charge is 0.493 e. The highest BCUT2D eigenvalue weighted by Crippen LogP contribution is 2.39. The number of anilines is 2. The highest BCUT2D eigenvalue weighted by molar-refractivity contribution is 6.06. The Morgan fingerprint density at radius 3 is 2.63 bits per heavy atom. The third-order valence-corrected chi connectivity index (χ3v) is 6.89. The van der Waals surface area contributed by atoms with Crippen LogP contribution < -0.4 is 20.1 Å². The summed E-state index contributed by atoms with van der Waals surface area (Å²) in [6, 6.07) is 21.3. The molecule has 2 heterocycles. The number of amides is 1. The van der Waals surface area contributed by atoms with Gasteiger partial charge in [-0.25, -0.2) is 4.68 Å². The molecule has 8 nitrogen and oxygen atoms in total. The van der Waals surface area contributed by atoms with Crippen molar-refractivity contribution in [3.05, 3.63) is 107 Å². The van der Waals surface area contributed by atoms with E-state index in [-0.39, 0.29) is 5.91 Å². The van der Waals surface area contributed by atoms with Crippen LogP contribution in [0.5, 0.6) is 11.5 Å². The lowest BCUT2D eigenvalue weighted by molar-refractivity contribution is -0.113. The van der Waals surface area contributed by atoms with Crippen LogP contribution >= 0.6 is 0 Å². The number of carbonyl (C=O) groups is 1. The van der Waals surface area contributed by atoms with Crippen molar-refractivity contribution in [1.29, 1.82) is 0 Å². The smallest absolute Gasteiger partial charge is 0.255 e. The zero-order chi connectivity index (χ0) is 26.6. The van der Waals surface area contributed by atoms with Crippen LogP contribution in [0.2, 0.25) is 0 Å². The number of hydrogen-bond acceptors (Lipinski definition) is 6. The summed E-state index contributed by atoms with van der Waals surface area (Å²) in [4.78, 5) is 18.1. The van der Waals surface area contributed by atoms with E-state index in [4.69, 9.17) is 9.47 Å². The van der Waals surface area contributed by atoms with E-state index in [1.165, 1.54) is 11.9 Å². The molecule has 0 radical (unpaired) electrons. The normalized spacial score (nSPS) is 14.5. The van der Waals surface area contributed by atoms with Gasteiger partial charge >= 0.3 is 0 Å². The van der Waals surface area contributed by atoms with Crippen LogP contribution in [0, 0.1) is 13.8 Å². The summed E-state index contributed by atoms with van der Waals surface area (Å²) < 4.78 is 13.5. The average Bonchev–Trinajstić information content (AvgIpc) is 3.39. The standard InChI is InChI=1S/C30H31N5O3/c1-19-9-8-12-24(20(19)2)34-29(36)27-21(3)33-30-31-18-32-35(30)28(27)23-13-14-25(26(17-23)37-4)38-16-15-22-10-6-5-7-11-22/h5-14,17-18,28H,15-16H2,1-4H3,(H,34,36)(H,31,32,33). The van der Waals surface area contributed by atoms with E-state index in [9.17, 15) is 4.79 Å². The number of nitrogens with one attached hydrogen (secondary N) is 2. The number of aryl methyl sites for hydroxylation is 1. The molecule has 0 aliphatic carbocycles. The highest BCUT2D eigenvalue weighted by atomic mass is 16.5. The van der Waals surface area contributed by atoms with Crippen molar-refractivity contribution >= 4 is 17.5 Å². The van der Waals surface area contributed by atoms with Crippen LogP contribution in [0.4, 0.5) is 11.6 Å². The maximum atomic E-state index is 13.7. The molecule has 0 spiro atoms. The van der Waals surface area contributed by atoms with Gasteiger partial charge in [0.25, 0.3) is 5.91 Å². The first-order chi connectivity index (χ1) is 18.5. The molecule has 1 aliphatic rings. The monoisotopic (exact) mass is 509 g/mol. The third-order valence-electron chi connectivity index (χ3n) is 6.89. The van der Waals surface area contributed by atoms with Crippen LogP contribution in [0.15, 0.2) is 84.3 Å². The molecule has 194 valence electrons. The molecule has 1 aliphatic heterocycles. The predicted octanol–water partition coefficient (Wildman–Crippen LogP) is 5.45. The van der Waals surface area contributed by atoms with Gasteiger partial charge in [0.1, 0.15) is 12.4 Å². The number of hydrogen-bond donors (Lipinski definition) is 2. The molecule has 1 unspecified atom stereocenters. The molecule has 3 aromatic carbocycles. The Balaban J connectivity index is 1.45. The Morgan fingerprint density at radius 1 is 1.03 bits per heavy atom. The maximum Gasteiger partial charge on any atom is 0.255 e. The Morgan fingerprint density at radius 2 is 1.84 bits per heavy atom. The number of rotatable bonds is 8. The topological polar surface area (TPSA) is 90.3 Å². The second-order valence-corrected chi connectivity index (χ2v) is 9.29. The Kier molecular flexibility index (Phi) is 7.13. The van der Waals surface area contributed by atoms with Crippen LogP contribution in [0.3, 0.4) is 0 Å². The summed E-state index contributed by atoms with van der Waals surface area (Å²) in [5, 5.41) is 10.8. The van der Waals surface area contributed by atoms with E-state index in [1.807, 2.05) is 75.4 Å². The quantitative estimate of drug-likeness (QED) is 0.328. The van der Waals surface area contributed by atoms with Crippen molar-refractivity contribution in [2.24, 2.45) is 0 Å². The van der Waals surface area contributed by atoms with Crippen molar-refractivity contribution in [3.63, 3.8) is 0 Å². The van der Waals surface area contributed by atoms with Gasteiger partial charge in [0.2, 0.25) is 5.95 Å². The Hall–Kier alpha value is -4.59. The molecule has 0 saturated heterocycles. The van der Waals surface area contributed by atoms with Crippen molar-refractivity contribution in [3.8, 4) is 11.5 Å². The van der Waals surface area contributed by atoms with Gasteiger partial charge in [0, 0.05) is 17.8 Å². The van der Waals surface area contributed by atoms with E-state index in [1.54, 1.807) is 11.8 Å². The maximum absolute atomic E-state index is 13.7. The Bertz CT molecular complexity index is 1490. The van der Waals surface area contributed by atoms with Gasteiger partial charge in [-0.05, 0) is 61.2 Å². The Labute approximate surface area is 222 Å². The summed E-state index contributed by atoms with van der Waals surface area (Å²) in [5.41, 5.74) is 6.20. The van der Waals surface area contributed by atoms with Crippen molar-refractivity contribution < 1.29 is 14.3 Å². The molecule has 0 fully saturated rings. The van der Waals surface area contributed by atoms with E-state index in [0.717, 1.165) is 28.8 Å². The lowest BCUT2D eigenvalue weighted by Crippen LogP contribution is -2.31.